The van der Waals surface area contributed by atoms with Crippen molar-refractivity contribution < 1.29 is 14.4 Å². The third-order valence-electron chi connectivity index (χ3n) is 3.65. The molecule has 1 fully saturated rings. The highest BCUT2D eigenvalue weighted by Gasteiger charge is 2.27. The molecule has 1 saturated heterocycles. The van der Waals surface area contributed by atoms with Crippen molar-refractivity contribution in [2.45, 2.75) is 57.9 Å². The van der Waals surface area contributed by atoms with Gasteiger partial charge in [0.15, 0.2) is 5.82 Å². The van der Waals surface area contributed by atoms with Gasteiger partial charge in [-0.25, -0.2) is 0 Å². The van der Waals surface area contributed by atoms with Gasteiger partial charge in [0.25, 0.3) is 0 Å². The average Bonchev–Trinajstić information content (AvgIpc) is 2.99. The Hall–Kier alpha value is -0.980. The van der Waals surface area contributed by atoms with Crippen LogP contribution in [0.5, 0.6) is 0 Å². The molecule has 6 heteroatoms. The fourth-order valence-corrected chi connectivity index (χ4v) is 2.54. The Labute approximate surface area is 113 Å². The lowest BCUT2D eigenvalue weighted by Crippen LogP contribution is -2.31. The maximum atomic E-state index is 9.51. The standard InChI is InChI=1S/C13H23N3O3/c1-9(17)7-11-5-4-6-16(11)8-12-14-13(15-19-12)10(2)18-3/h9-11,17H,4-8H2,1-3H3. The van der Waals surface area contributed by atoms with Gasteiger partial charge in [-0.2, -0.15) is 4.98 Å². The third kappa shape index (κ3) is 3.75. The Balaban J connectivity index is 1.94. The summed E-state index contributed by atoms with van der Waals surface area (Å²) in [4.78, 5) is 6.66. The van der Waals surface area contributed by atoms with Gasteiger partial charge < -0.3 is 14.4 Å². The highest BCUT2D eigenvalue weighted by atomic mass is 16.5. The summed E-state index contributed by atoms with van der Waals surface area (Å²) < 4.78 is 10.4. The molecule has 0 aliphatic carbocycles. The molecule has 0 bridgehead atoms. The molecule has 108 valence electrons. The first kappa shape index (κ1) is 14.4. The molecule has 1 aromatic heterocycles. The van der Waals surface area contributed by atoms with Crippen LogP contribution in [-0.4, -0.2) is 45.9 Å². The fraction of sp³-hybridized carbons (Fsp3) is 0.846. The van der Waals surface area contributed by atoms with E-state index in [4.69, 9.17) is 9.26 Å². The largest absolute Gasteiger partial charge is 0.393 e. The molecule has 3 unspecified atom stereocenters. The Morgan fingerprint density at radius 3 is 3.00 bits per heavy atom. The highest BCUT2D eigenvalue weighted by Crippen LogP contribution is 2.23. The van der Waals surface area contributed by atoms with Crippen LogP contribution in [0, 0.1) is 0 Å². The number of hydrogen-bond donors (Lipinski definition) is 1. The predicted molar refractivity (Wildman–Crippen MR) is 69.5 cm³/mol. The summed E-state index contributed by atoms with van der Waals surface area (Å²) in [7, 11) is 1.62. The van der Waals surface area contributed by atoms with Gasteiger partial charge >= 0.3 is 0 Å². The highest BCUT2D eigenvalue weighted by molar-refractivity contribution is 4.91. The smallest absolute Gasteiger partial charge is 0.240 e. The Morgan fingerprint density at radius 1 is 1.53 bits per heavy atom. The Kier molecular flexibility index (Phi) is 4.90. The van der Waals surface area contributed by atoms with Gasteiger partial charge in [-0.3, -0.25) is 4.90 Å². The zero-order chi connectivity index (χ0) is 13.8. The minimum atomic E-state index is -0.266. The Morgan fingerprint density at radius 2 is 2.32 bits per heavy atom. The first-order valence-electron chi connectivity index (χ1n) is 6.87. The number of hydrogen-bond acceptors (Lipinski definition) is 6. The van der Waals surface area contributed by atoms with Gasteiger partial charge in [-0.1, -0.05) is 5.16 Å². The minimum Gasteiger partial charge on any atom is -0.393 e. The lowest BCUT2D eigenvalue weighted by atomic mass is 10.1. The summed E-state index contributed by atoms with van der Waals surface area (Å²) in [5.74, 6) is 1.21. The third-order valence-corrected chi connectivity index (χ3v) is 3.65. The van der Waals surface area contributed by atoms with Crippen LogP contribution in [0.2, 0.25) is 0 Å². The molecule has 6 nitrogen and oxygen atoms in total. The number of rotatable bonds is 6. The van der Waals surface area contributed by atoms with Crippen molar-refractivity contribution in [3.05, 3.63) is 11.7 Å². The second-order valence-corrected chi connectivity index (χ2v) is 5.28. The van der Waals surface area contributed by atoms with E-state index in [1.807, 2.05) is 13.8 Å². The number of aliphatic hydroxyl groups excluding tert-OH is 1. The summed E-state index contributed by atoms with van der Waals surface area (Å²) in [6.07, 6.45) is 2.67. The molecule has 0 spiro atoms. The summed E-state index contributed by atoms with van der Waals surface area (Å²) >= 11 is 0. The van der Waals surface area contributed by atoms with E-state index in [-0.39, 0.29) is 12.2 Å². The van der Waals surface area contributed by atoms with E-state index < -0.39 is 0 Å². The summed E-state index contributed by atoms with van der Waals surface area (Å²) in [5.41, 5.74) is 0. The maximum absolute atomic E-state index is 9.51. The van der Waals surface area contributed by atoms with Crippen LogP contribution in [0.15, 0.2) is 4.52 Å². The summed E-state index contributed by atoms with van der Waals surface area (Å²) in [5, 5.41) is 13.4. The van der Waals surface area contributed by atoms with Crippen LogP contribution in [-0.2, 0) is 11.3 Å². The quantitative estimate of drug-likeness (QED) is 0.844. The van der Waals surface area contributed by atoms with Crippen LogP contribution in [0.4, 0.5) is 0 Å². The van der Waals surface area contributed by atoms with Gasteiger partial charge in [0, 0.05) is 13.2 Å². The zero-order valence-electron chi connectivity index (χ0n) is 11.9. The molecule has 0 aromatic carbocycles. The average molecular weight is 269 g/mol. The van der Waals surface area contributed by atoms with E-state index >= 15 is 0 Å². The van der Waals surface area contributed by atoms with Crippen LogP contribution >= 0.6 is 0 Å². The number of nitrogens with zero attached hydrogens (tertiary/aromatic N) is 3. The van der Waals surface area contributed by atoms with Crippen molar-refractivity contribution in [2.75, 3.05) is 13.7 Å². The van der Waals surface area contributed by atoms with Gasteiger partial charge in [-0.15, -0.1) is 0 Å². The first-order valence-corrected chi connectivity index (χ1v) is 6.87. The van der Waals surface area contributed by atoms with Crippen molar-refractivity contribution in [3.8, 4) is 0 Å². The first-order chi connectivity index (χ1) is 9.10. The molecule has 1 aromatic rings. The van der Waals surface area contributed by atoms with Gasteiger partial charge in [0.05, 0.1) is 12.6 Å². The molecule has 1 aliphatic rings. The molecular formula is C13H23N3O3. The van der Waals surface area contributed by atoms with Crippen molar-refractivity contribution >= 4 is 0 Å². The molecule has 3 atom stereocenters. The van der Waals surface area contributed by atoms with Crippen molar-refractivity contribution in [1.82, 2.24) is 15.0 Å². The van der Waals surface area contributed by atoms with E-state index in [1.165, 1.54) is 0 Å². The van der Waals surface area contributed by atoms with Crippen molar-refractivity contribution in [2.24, 2.45) is 0 Å². The molecule has 2 rings (SSSR count). The lowest BCUT2D eigenvalue weighted by molar-refractivity contribution is 0.109. The molecule has 0 amide bonds. The van der Waals surface area contributed by atoms with E-state index in [0.717, 1.165) is 25.8 Å². The summed E-state index contributed by atoms with van der Waals surface area (Å²) in [6.45, 7) is 5.40. The molecule has 19 heavy (non-hydrogen) atoms. The van der Waals surface area contributed by atoms with Crippen LogP contribution in [0.3, 0.4) is 0 Å². The molecule has 1 aliphatic heterocycles. The number of aliphatic hydroxyl groups is 1. The number of likely N-dealkylation sites (tertiary alicyclic amines) is 1. The molecule has 2 heterocycles. The van der Waals surface area contributed by atoms with Gasteiger partial charge in [0.2, 0.25) is 5.89 Å². The van der Waals surface area contributed by atoms with Gasteiger partial charge in [-0.05, 0) is 39.7 Å². The Bertz CT molecular complexity index is 394. The maximum Gasteiger partial charge on any atom is 0.240 e. The SMILES string of the molecule is COC(C)c1noc(CN2CCCC2CC(C)O)n1. The molecular weight excluding hydrogens is 246 g/mol. The van der Waals surface area contributed by atoms with Gasteiger partial charge in [0.1, 0.15) is 6.10 Å². The normalized spacial score (nSPS) is 23.7. The number of ether oxygens (including phenoxy) is 1. The van der Waals surface area contributed by atoms with E-state index in [1.54, 1.807) is 7.11 Å². The van der Waals surface area contributed by atoms with Crippen molar-refractivity contribution in [1.29, 1.82) is 0 Å². The number of aromatic nitrogens is 2. The lowest BCUT2D eigenvalue weighted by Gasteiger charge is -2.23. The number of methoxy groups -OCH3 is 1. The van der Waals surface area contributed by atoms with Crippen molar-refractivity contribution in [3.63, 3.8) is 0 Å². The van der Waals surface area contributed by atoms with Crippen LogP contribution in [0.1, 0.15) is 50.9 Å². The molecule has 1 N–H and O–H groups in total. The second-order valence-electron chi connectivity index (χ2n) is 5.28. The van der Waals surface area contributed by atoms with E-state index in [9.17, 15) is 5.11 Å². The van der Waals surface area contributed by atoms with Crippen LogP contribution < -0.4 is 0 Å². The summed E-state index contributed by atoms with van der Waals surface area (Å²) in [6, 6.07) is 0.412. The molecule has 0 saturated carbocycles. The van der Waals surface area contributed by atoms with Crippen LogP contribution in [0.25, 0.3) is 0 Å². The minimum absolute atomic E-state index is 0.149. The predicted octanol–water partition coefficient (Wildman–Crippen LogP) is 1.51. The van der Waals surface area contributed by atoms with E-state index in [2.05, 4.69) is 15.0 Å². The fourth-order valence-electron chi connectivity index (χ4n) is 2.54. The zero-order valence-corrected chi connectivity index (χ0v) is 11.9. The molecule has 0 radical (unpaired) electrons. The van der Waals surface area contributed by atoms with E-state index in [0.29, 0.717) is 24.3 Å². The topological polar surface area (TPSA) is 71.6 Å². The monoisotopic (exact) mass is 269 g/mol. The second kappa shape index (κ2) is 6.45.